The van der Waals surface area contributed by atoms with E-state index in [0.717, 1.165) is 25.0 Å². The Kier molecular flexibility index (Phi) is 5.71. The maximum atomic E-state index is 12.5. The van der Waals surface area contributed by atoms with Gasteiger partial charge in [0, 0.05) is 17.0 Å². The molecule has 0 aliphatic heterocycles. The van der Waals surface area contributed by atoms with Gasteiger partial charge in [-0.05, 0) is 37.1 Å². The molecule has 118 valence electrons. The summed E-state index contributed by atoms with van der Waals surface area (Å²) in [5.41, 5.74) is 5.94. The summed E-state index contributed by atoms with van der Waals surface area (Å²) in [5.74, 6) is 1.04. The Balaban J connectivity index is 2.17. The normalized spacial score (nSPS) is 22.6. The molecule has 0 spiro atoms. The quantitative estimate of drug-likeness (QED) is 0.779. The molecule has 2 unspecified atom stereocenters. The van der Waals surface area contributed by atoms with Gasteiger partial charge in [-0.3, -0.25) is 0 Å². The third-order valence-electron chi connectivity index (χ3n) is 3.40. The number of hydrogen-bond donors (Lipinski definition) is 2. The van der Waals surface area contributed by atoms with Crippen LogP contribution in [-0.2, 0) is 10.0 Å². The minimum Gasteiger partial charge on any atom is -0.399 e. The number of rotatable bonds is 5. The van der Waals surface area contributed by atoms with E-state index in [9.17, 15) is 8.42 Å². The fraction of sp³-hybridized carbons (Fsp3) is 0.538. The highest BCUT2D eigenvalue weighted by Gasteiger charge is 2.30. The smallest absolute Gasteiger partial charge is 0.243 e. The van der Waals surface area contributed by atoms with Gasteiger partial charge >= 0.3 is 0 Å². The molecule has 2 atom stereocenters. The van der Waals surface area contributed by atoms with Gasteiger partial charge in [0.1, 0.15) is 4.90 Å². The van der Waals surface area contributed by atoms with E-state index in [-0.39, 0.29) is 21.0 Å². The number of thioether (sulfide) groups is 1. The summed E-state index contributed by atoms with van der Waals surface area (Å²) >= 11 is 13.9. The predicted octanol–water partition coefficient (Wildman–Crippen LogP) is 3.53. The van der Waals surface area contributed by atoms with Gasteiger partial charge in [0.15, 0.2) is 0 Å². The van der Waals surface area contributed by atoms with E-state index >= 15 is 0 Å². The number of halogens is 2. The molecule has 1 aromatic rings. The van der Waals surface area contributed by atoms with Crippen molar-refractivity contribution >= 4 is 50.7 Å². The van der Waals surface area contributed by atoms with Crippen LogP contribution in [0.1, 0.15) is 26.2 Å². The molecule has 0 bridgehead atoms. The van der Waals surface area contributed by atoms with E-state index in [1.807, 2.05) is 11.8 Å². The van der Waals surface area contributed by atoms with Gasteiger partial charge in [-0.2, -0.15) is 11.8 Å². The van der Waals surface area contributed by atoms with Gasteiger partial charge in [0.05, 0.1) is 10.0 Å². The molecule has 1 aliphatic rings. The molecular weight excluding hydrogens is 351 g/mol. The van der Waals surface area contributed by atoms with Crippen LogP contribution in [0.15, 0.2) is 17.0 Å². The molecule has 0 amide bonds. The van der Waals surface area contributed by atoms with Crippen molar-refractivity contribution in [3.8, 4) is 0 Å². The number of anilines is 1. The predicted molar refractivity (Wildman–Crippen MR) is 90.8 cm³/mol. The molecular formula is C13H18Cl2N2O2S2. The lowest BCUT2D eigenvalue weighted by molar-refractivity contribution is 0.553. The first-order valence-electron chi connectivity index (χ1n) is 6.72. The Bertz CT molecular complexity index is 600. The van der Waals surface area contributed by atoms with Crippen molar-refractivity contribution in [2.24, 2.45) is 0 Å². The van der Waals surface area contributed by atoms with Crippen LogP contribution in [0, 0.1) is 0 Å². The SMILES string of the molecule is CCSC1CCC(NS(=O)(=O)c2c(Cl)cc(N)cc2Cl)C1. The van der Waals surface area contributed by atoms with E-state index in [0.29, 0.717) is 10.9 Å². The van der Waals surface area contributed by atoms with Gasteiger partial charge < -0.3 is 5.73 Å². The van der Waals surface area contributed by atoms with Gasteiger partial charge in [0.25, 0.3) is 0 Å². The molecule has 4 nitrogen and oxygen atoms in total. The lowest BCUT2D eigenvalue weighted by atomic mass is 10.3. The largest absolute Gasteiger partial charge is 0.399 e. The Morgan fingerprint density at radius 1 is 1.33 bits per heavy atom. The molecule has 0 aromatic heterocycles. The number of nitrogens with two attached hydrogens (primary N) is 1. The van der Waals surface area contributed by atoms with Crippen molar-refractivity contribution in [1.29, 1.82) is 0 Å². The van der Waals surface area contributed by atoms with Gasteiger partial charge in [0.2, 0.25) is 10.0 Å². The van der Waals surface area contributed by atoms with Gasteiger partial charge in [-0.1, -0.05) is 30.1 Å². The summed E-state index contributed by atoms with van der Waals surface area (Å²) in [5, 5.41) is 0.607. The van der Waals surface area contributed by atoms with Crippen molar-refractivity contribution < 1.29 is 8.42 Å². The minimum absolute atomic E-state index is 0.0463. The van der Waals surface area contributed by atoms with Crippen LogP contribution < -0.4 is 10.5 Å². The second-order valence-corrected chi connectivity index (χ2v) is 9.06. The molecule has 8 heteroatoms. The van der Waals surface area contributed by atoms with Crippen molar-refractivity contribution in [3.05, 3.63) is 22.2 Å². The Labute approximate surface area is 139 Å². The second-order valence-electron chi connectivity index (χ2n) is 5.02. The molecule has 1 fully saturated rings. The summed E-state index contributed by atoms with van der Waals surface area (Å²) in [6.07, 6.45) is 2.69. The molecule has 1 aliphatic carbocycles. The average molecular weight is 369 g/mol. The standard InChI is InChI=1S/C13H18Cl2N2O2S2/c1-2-20-10-4-3-9(7-10)17-21(18,19)13-11(14)5-8(16)6-12(13)15/h5-6,9-10,17H,2-4,7,16H2,1H3. The number of nitrogen functional groups attached to an aromatic ring is 1. The Morgan fingerprint density at radius 3 is 2.52 bits per heavy atom. The average Bonchev–Trinajstić information content (AvgIpc) is 2.74. The summed E-state index contributed by atoms with van der Waals surface area (Å²) in [6, 6.07) is 2.72. The first-order valence-corrected chi connectivity index (χ1v) is 10.0. The van der Waals surface area contributed by atoms with Crippen LogP contribution in [0.4, 0.5) is 5.69 Å². The third-order valence-corrected chi connectivity index (χ3v) is 7.07. The van der Waals surface area contributed by atoms with Crippen LogP contribution in [0.5, 0.6) is 0 Å². The van der Waals surface area contributed by atoms with E-state index in [1.165, 1.54) is 12.1 Å². The maximum Gasteiger partial charge on any atom is 0.243 e. The lowest BCUT2D eigenvalue weighted by Crippen LogP contribution is -2.33. The Morgan fingerprint density at radius 2 is 1.95 bits per heavy atom. The zero-order valence-corrected chi connectivity index (χ0v) is 14.7. The zero-order valence-electron chi connectivity index (χ0n) is 11.6. The zero-order chi connectivity index (χ0) is 15.6. The molecule has 21 heavy (non-hydrogen) atoms. The van der Waals surface area contributed by atoms with E-state index in [2.05, 4.69) is 11.6 Å². The topological polar surface area (TPSA) is 72.2 Å². The van der Waals surface area contributed by atoms with Crippen molar-refractivity contribution in [3.63, 3.8) is 0 Å². The highest BCUT2D eigenvalue weighted by Crippen LogP contribution is 2.34. The first kappa shape index (κ1) is 17.2. The van der Waals surface area contributed by atoms with Gasteiger partial charge in [-0.15, -0.1) is 0 Å². The van der Waals surface area contributed by atoms with E-state index in [4.69, 9.17) is 28.9 Å². The van der Waals surface area contributed by atoms with Crippen LogP contribution in [0.25, 0.3) is 0 Å². The fourth-order valence-corrected chi connectivity index (χ4v) is 6.21. The Hall–Kier alpha value is -0.140. The maximum absolute atomic E-state index is 12.5. The first-order chi connectivity index (χ1) is 9.83. The highest BCUT2D eigenvalue weighted by atomic mass is 35.5. The monoisotopic (exact) mass is 368 g/mol. The lowest BCUT2D eigenvalue weighted by Gasteiger charge is -2.15. The summed E-state index contributed by atoms with van der Waals surface area (Å²) in [4.78, 5) is -0.0911. The van der Waals surface area contributed by atoms with E-state index in [1.54, 1.807) is 0 Å². The molecule has 1 saturated carbocycles. The van der Waals surface area contributed by atoms with Crippen molar-refractivity contribution in [2.45, 2.75) is 42.4 Å². The second kappa shape index (κ2) is 6.96. The van der Waals surface area contributed by atoms with Crippen molar-refractivity contribution in [1.82, 2.24) is 4.72 Å². The molecule has 0 saturated heterocycles. The molecule has 0 radical (unpaired) electrons. The summed E-state index contributed by atoms with van der Waals surface area (Å²) < 4.78 is 27.7. The fourth-order valence-electron chi connectivity index (χ4n) is 2.55. The molecule has 2 rings (SSSR count). The number of benzene rings is 1. The summed E-state index contributed by atoms with van der Waals surface area (Å²) in [6.45, 7) is 2.11. The highest BCUT2D eigenvalue weighted by molar-refractivity contribution is 7.99. The molecule has 3 N–H and O–H groups in total. The van der Waals surface area contributed by atoms with Crippen LogP contribution in [-0.4, -0.2) is 25.5 Å². The molecule has 0 heterocycles. The van der Waals surface area contributed by atoms with Gasteiger partial charge in [-0.25, -0.2) is 13.1 Å². The minimum atomic E-state index is -3.74. The number of nitrogens with one attached hydrogen (secondary N) is 1. The number of hydrogen-bond acceptors (Lipinski definition) is 4. The van der Waals surface area contributed by atoms with Crippen molar-refractivity contribution in [2.75, 3.05) is 11.5 Å². The van der Waals surface area contributed by atoms with Crippen LogP contribution in [0.3, 0.4) is 0 Å². The van der Waals surface area contributed by atoms with E-state index < -0.39 is 10.0 Å². The van der Waals surface area contributed by atoms with Crippen LogP contribution >= 0.6 is 35.0 Å². The number of sulfonamides is 1. The van der Waals surface area contributed by atoms with Crippen LogP contribution in [0.2, 0.25) is 10.0 Å². The molecule has 1 aromatic carbocycles. The third kappa shape index (κ3) is 4.20. The summed E-state index contributed by atoms with van der Waals surface area (Å²) in [7, 11) is -3.74.